The maximum atomic E-state index is 12.7. The van der Waals surface area contributed by atoms with E-state index in [-0.39, 0.29) is 18.2 Å². The van der Waals surface area contributed by atoms with Crippen molar-refractivity contribution >= 4 is 11.6 Å². The van der Waals surface area contributed by atoms with Crippen LogP contribution in [0.5, 0.6) is 0 Å². The molecule has 0 spiro atoms. The Labute approximate surface area is 118 Å². The van der Waals surface area contributed by atoms with Crippen LogP contribution in [0.4, 0.5) is 24.8 Å². The minimum Gasteiger partial charge on any atom is -0.366 e. The molecular weight excluding hydrogens is 287 g/mol. The van der Waals surface area contributed by atoms with E-state index in [0.717, 1.165) is 11.3 Å². The number of anilines is 2. The van der Waals surface area contributed by atoms with Crippen LogP contribution in [0.25, 0.3) is 0 Å². The van der Waals surface area contributed by atoms with E-state index < -0.39 is 12.0 Å². The number of nitrogens with two attached hydrogens (primary N) is 1. The van der Waals surface area contributed by atoms with Crippen LogP contribution in [0.15, 0.2) is 12.3 Å². The molecule has 0 amide bonds. The predicted molar refractivity (Wildman–Crippen MR) is 70.1 cm³/mol. The number of nitrogens with one attached hydrogen (secondary N) is 2. The van der Waals surface area contributed by atoms with Crippen molar-refractivity contribution in [1.29, 1.82) is 0 Å². The first-order valence-corrected chi connectivity index (χ1v) is 5.95. The lowest BCUT2D eigenvalue weighted by molar-refractivity contribution is -0.144. The van der Waals surface area contributed by atoms with Crippen molar-refractivity contribution in [3.63, 3.8) is 0 Å². The molecule has 2 rings (SSSR count). The Morgan fingerprint density at radius 3 is 2.48 bits per heavy atom. The van der Waals surface area contributed by atoms with E-state index in [1.165, 1.54) is 6.07 Å². The third kappa shape index (κ3) is 3.40. The standard InChI is InChI=1S/C11H14F3N7/c1-6-7(5-17-21(6)2)4-16-8-3-9(20-15)19-10(18-8)11(12,13)14/h3,5H,4,15H2,1-2H3,(H2,16,18,19,20). The molecule has 0 aromatic carbocycles. The summed E-state index contributed by atoms with van der Waals surface area (Å²) in [7, 11) is 1.78. The number of hydrogen-bond donors (Lipinski definition) is 3. The first-order chi connectivity index (χ1) is 9.81. The molecule has 0 saturated heterocycles. The number of nitrogen functional groups attached to an aromatic ring is 1. The summed E-state index contributed by atoms with van der Waals surface area (Å²) in [6.07, 6.45) is -3.01. The van der Waals surface area contributed by atoms with E-state index in [1.807, 2.05) is 6.92 Å². The molecule has 7 nitrogen and oxygen atoms in total. The molecule has 0 saturated carbocycles. The summed E-state index contributed by atoms with van der Waals surface area (Å²) in [4.78, 5) is 6.71. The van der Waals surface area contributed by atoms with Gasteiger partial charge in [0.25, 0.3) is 0 Å². The molecule has 0 bridgehead atoms. The zero-order valence-corrected chi connectivity index (χ0v) is 11.4. The molecule has 2 heterocycles. The number of nitrogens with zero attached hydrogens (tertiary/aromatic N) is 4. The Morgan fingerprint density at radius 1 is 1.29 bits per heavy atom. The van der Waals surface area contributed by atoms with Crippen LogP contribution in [-0.2, 0) is 19.8 Å². The lowest BCUT2D eigenvalue weighted by Crippen LogP contribution is -2.17. The van der Waals surface area contributed by atoms with Gasteiger partial charge in [0.15, 0.2) is 0 Å². The van der Waals surface area contributed by atoms with Gasteiger partial charge < -0.3 is 10.7 Å². The Hall–Kier alpha value is -2.36. The number of hydrazine groups is 1. The van der Waals surface area contributed by atoms with Crippen LogP contribution in [0.1, 0.15) is 17.1 Å². The van der Waals surface area contributed by atoms with Crippen molar-refractivity contribution < 1.29 is 13.2 Å². The van der Waals surface area contributed by atoms with E-state index in [2.05, 4.69) is 25.8 Å². The highest BCUT2D eigenvalue weighted by Crippen LogP contribution is 2.28. The second kappa shape index (κ2) is 5.56. The molecule has 0 unspecified atom stereocenters. The summed E-state index contributed by atoms with van der Waals surface area (Å²) in [6, 6.07) is 1.29. The maximum Gasteiger partial charge on any atom is 0.451 e. The highest BCUT2D eigenvalue weighted by molar-refractivity contribution is 5.47. The summed E-state index contributed by atoms with van der Waals surface area (Å²) >= 11 is 0. The fourth-order valence-corrected chi connectivity index (χ4v) is 1.64. The van der Waals surface area contributed by atoms with Crippen molar-refractivity contribution in [2.45, 2.75) is 19.6 Å². The van der Waals surface area contributed by atoms with Crippen LogP contribution >= 0.6 is 0 Å². The smallest absolute Gasteiger partial charge is 0.366 e. The fraction of sp³-hybridized carbons (Fsp3) is 0.364. The van der Waals surface area contributed by atoms with Gasteiger partial charge in [-0.1, -0.05) is 0 Å². The van der Waals surface area contributed by atoms with Crippen molar-refractivity contribution in [2.24, 2.45) is 12.9 Å². The maximum absolute atomic E-state index is 12.7. The third-order valence-electron chi connectivity index (χ3n) is 2.92. The van der Waals surface area contributed by atoms with Gasteiger partial charge in [-0.3, -0.25) is 4.68 Å². The number of halogens is 3. The number of alkyl halides is 3. The molecule has 0 aliphatic heterocycles. The molecule has 0 fully saturated rings. The van der Waals surface area contributed by atoms with E-state index in [1.54, 1.807) is 17.9 Å². The van der Waals surface area contributed by atoms with E-state index in [4.69, 9.17) is 5.84 Å². The molecule has 0 radical (unpaired) electrons. The first-order valence-electron chi connectivity index (χ1n) is 5.95. The largest absolute Gasteiger partial charge is 0.451 e. The number of aromatic nitrogens is 4. The van der Waals surface area contributed by atoms with E-state index >= 15 is 0 Å². The van der Waals surface area contributed by atoms with Crippen molar-refractivity contribution in [1.82, 2.24) is 19.7 Å². The van der Waals surface area contributed by atoms with Gasteiger partial charge in [-0.05, 0) is 6.92 Å². The average Bonchev–Trinajstić information content (AvgIpc) is 2.75. The summed E-state index contributed by atoms with van der Waals surface area (Å²) in [5.41, 5.74) is 3.85. The van der Waals surface area contributed by atoms with Gasteiger partial charge in [0.05, 0.1) is 6.20 Å². The zero-order chi connectivity index (χ0) is 15.6. The molecule has 4 N–H and O–H groups in total. The number of rotatable bonds is 4. The Bertz CT molecular complexity index is 635. The summed E-state index contributed by atoms with van der Waals surface area (Å²) in [5.74, 6) is 3.76. The topological polar surface area (TPSA) is 93.7 Å². The molecule has 0 atom stereocenters. The molecule has 2 aromatic rings. The molecule has 2 aromatic heterocycles. The number of hydrogen-bond acceptors (Lipinski definition) is 6. The van der Waals surface area contributed by atoms with Crippen LogP contribution in [0.3, 0.4) is 0 Å². The molecular formula is C11H14F3N7. The van der Waals surface area contributed by atoms with Gasteiger partial charge in [0.2, 0.25) is 5.82 Å². The molecule has 10 heteroatoms. The van der Waals surface area contributed by atoms with Crippen LogP contribution in [-0.4, -0.2) is 19.7 Å². The van der Waals surface area contributed by atoms with Gasteiger partial charge >= 0.3 is 6.18 Å². The second-order valence-electron chi connectivity index (χ2n) is 4.34. The molecule has 21 heavy (non-hydrogen) atoms. The van der Waals surface area contributed by atoms with Crippen molar-refractivity contribution in [3.8, 4) is 0 Å². The second-order valence-corrected chi connectivity index (χ2v) is 4.34. The highest BCUT2D eigenvalue weighted by Gasteiger charge is 2.35. The fourth-order valence-electron chi connectivity index (χ4n) is 1.64. The van der Waals surface area contributed by atoms with Crippen molar-refractivity contribution in [2.75, 3.05) is 10.7 Å². The van der Waals surface area contributed by atoms with Crippen LogP contribution in [0, 0.1) is 6.92 Å². The lowest BCUT2D eigenvalue weighted by Gasteiger charge is -2.11. The summed E-state index contributed by atoms with van der Waals surface area (Å²) in [5, 5.41) is 6.85. The van der Waals surface area contributed by atoms with E-state index in [0.29, 0.717) is 0 Å². The summed E-state index contributed by atoms with van der Waals surface area (Å²) < 4.78 is 39.7. The average molecular weight is 301 g/mol. The van der Waals surface area contributed by atoms with Crippen molar-refractivity contribution in [3.05, 3.63) is 29.3 Å². The third-order valence-corrected chi connectivity index (χ3v) is 2.92. The predicted octanol–water partition coefficient (Wildman–Crippen LogP) is 1.44. The quantitative estimate of drug-likeness (QED) is 0.584. The molecule has 0 aliphatic carbocycles. The van der Waals surface area contributed by atoms with Crippen LogP contribution < -0.4 is 16.6 Å². The van der Waals surface area contributed by atoms with Gasteiger partial charge in [-0.2, -0.15) is 18.3 Å². The summed E-state index contributed by atoms with van der Waals surface area (Å²) in [6.45, 7) is 2.15. The monoisotopic (exact) mass is 301 g/mol. The minimum atomic E-state index is -4.65. The lowest BCUT2D eigenvalue weighted by atomic mass is 10.2. The highest BCUT2D eigenvalue weighted by atomic mass is 19.4. The van der Waals surface area contributed by atoms with Gasteiger partial charge in [0.1, 0.15) is 11.6 Å². The Kier molecular flexibility index (Phi) is 3.98. The van der Waals surface area contributed by atoms with Crippen LogP contribution in [0.2, 0.25) is 0 Å². The van der Waals surface area contributed by atoms with Gasteiger partial charge in [0, 0.05) is 30.9 Å². The molecule has 0 aliphatic rings. The minimum absolute atomic E-state index is 0.0218. The Morgan fingerprint density at radius 2 is 1.95 bits per heavy atom. The SMILES string of the molecule is Cc1c(CNc2cc(NN)nc(C(F)(F)F)n2)cnn1C. The number of aryl methyl sites for hydroxylation is 1. The zero-order valence-electron chi connectivity index (χ0n) is 11.4. The van der Waals surface area contributed by atoms with E-state index in [9.17, 15) is 13.2 Å². The Balaban J connectivity index is 2.21. The van der Waals surface area contributed by atoms with Gasteiger partial charge in [-0.25, -0.2) is 15.8 Å². The van der Waals surface area contributed by atoms with Gasteiger partial charge in [-0.15, -0.1) is 0 Å². The molecule has 114 valence electrons. The first kappa shape index (κ1) is 15.0. The normalized spacial score (nSPS) is 11.5.